The molecule has 1 aromatic rings. The second-order valence-electron chi connectivity index (χ2n) is 5.63. The van der Waals surface area contributed by atoms with Crippen LogP contribution in [0.4, 0.5) is 5.95 Å². The van der Waals surface area contributed by atoms with Crippen molar-refractivity contribution in [3.8, 4) is 0 Å². The molecule has 0 amide bonds. The Hall–Kier alpha value is -1.10. The molecule has 5 nitrogen and oxygen atoms in total. The summed E-state index contributed by atoms with van der Waals surface area (Å²) in [5.41, 5.74) is 6.05. The van der Waals surface area contributed by atoms with Gasteiger partial charge in [-0.25, -0.2) is 0 Å². The zero-order valence-electron chi connectivity index (χ0n) is 11.4. The summed E-state index contributed by atoms with van der Waals surface area (Å²) in [5.74, 6) is 2.01. The van der Waals surface area contributed by atoms with Gasteiger partial charge in [-0.3, -0.25) is 0 Å². The zero-order chi connectivity index (χ0) is 13.0. The lowest BCUT2D eigenvalue weighted by atomic mass is 10.0. The van der Waals surface area contributed by atoms with Crippen LogP contribution in [0, 0.1) is 5.92 Å². The summed E-state index contributed by atoms with van der Waals surface area (Å²) in [7, 11) is 0. The number of nitrogens with zero attached hydrogens (tertiary/aromatic N) is 3. The molecule has 0 spiro atoms. The fraction of sp³-hybridized carbons (Fsp3) is 0.846. The van der Waals surface area contributed by atoms with E-state index in [4.69, 9.17) is 10.3 Å². The zero-order valence-corrected chi connectivity index (χ0v) is 11.4. The lowest BCUT2D eigenvalue weighted by molar-refractivity contribution is 0.357. The second kappa shape index (κ2) is 6.18. The summed E-state index contributed by atoms with van der Waals surface area (Å²) in [6.07, 6.45) is 5.41. The molecule has 0 radical (unpaired) electrons. The molecule has 2 rings (SSSR count). The van der Waals surface area contributed by atoms with Crippen molar-refractivity contribution < 1.29 is 4.52 Å². The van der Waals surface area contributed by atoms with Crippen LogP contribution < -0.4 is 10.6 Å². The molecule has 0 aromatic carbocycles. The Bertz CT molecular complexity index is 358. The average molecular weight is 252 g/mol. The van der Waals surface area contributed by atoms with Gasteiger partial charge in [0, 0.05) is 25.6 Å². The maximum absolute atomic E-state index is 6.05. The molecule has 1 atom stereocenters. The minimum absolute atomic E-state index is 0.111. The number of piperidine rings is 1. The van der Waals surface area contributed by atoms with Gasteiger partial charge >= 0.3 is 0 Å². The molecular formula is C13H24N4O. The molecule has 0 bridgehead atoms. The SMILES string of the molecule is CC(C)CC(N)Cc1nc(N2CCCCC2)no1. The van der Waals surface area contributed by atoms with Gasteiger partial charge in [0.05, 0.1) is 0 Å². The summed E-state index contributed by atoms with van der Waals surface area (Å²) < 4.78 is 5.29. The van der Waals surface area contributed by atoms with Crippen molar-refractivity contribution >= 4 is 5.95 Å². The third kappa shape index (κ3) is 3.70. The number of rotatable bonds is 5. The first-order valence-electron chi connectivity index (χ1n) is 6.98. The van der Waals surface area contributed by atoms with Crippen molar-refractivity contribution in [2.24, 2.45) is 11.7 Å². The van der Waals surface area contributed by atoms with Gasteiger partial charge in [0.1, 0.15) is 0 Å². The molecular weight excluding hydrogens is 228 g/mol. The van der Waals surface area contributed by atoms with E-state index in [2.05, 4.69) is 28.9 Å². The first kappa shape index (κ1) is 13.3. The van der Waals surface area contributed by atoms with E-state index in [9.17, 15) is 0 Å². The Morgan fingerprint density at radius 3 is 2.67 bits per heavy atom. The maximum atomic E-state index is 6.05. The number of anilines is 1. The highest BCUT2D eigenvalue weighted by Gasteiger charge is 2.18. The van der Waals surface area contributed by atoms with E-state index in [0.29, 0.717) is 18.2 Å². The van der Waals surface area contributed by atoms with E-state index in [0.717, 1.165) is 25.5 Å². The van der Waals surface area contributed by atoms with Crippen LogP contribution in [-0.2, 0) is 6.42 Å². The fourth-order valence-electron chi connectivity index (χ4n) is 2.46. The molecule has 1 aromatic heterocycles. The smallest absolute Gasteiger partial charge is 0.266 e. The van der Waals surface area contributed by atoms with Crippen LogP contribution in [0.1, 0.15) is 45.4 Å². The van der Waals surface area contributed by atoms with Crippen LogP contribution in [-0.4, -0.2) is 29.3 Å². The maximum Gasteiger partial charge on any atom is 0.266 e. The highest BCUT2D eigenvalue weighted by atomic mass is 16.5. The highest BCUT2D eigenvalue weighted by Crippen LogP contribution is 2.17. The summed E-state index contributed by atoms with van der Waals surface area (Å²) in [4.78, 5) is 6.65. The Labute approximate surface area is 109 Å². The molecule has 2 N–H and O–H groups in total. The van der Waals surface area contributed by atoms with Crippen molar-refractivity contribution in [2.45, 2.75) is 52.0 Å². The van der Waals surface area contributed by atoms with Gasteiger partial charge in [-0.15, -0.1) is 0 Å². The normalized spacial score (nSPS) is 18.3. The summed E-state index contributed by atoms with van der Waals surface area (Å²) in [5, 5.41) is 4.06. The summed E-state index contributed by atoms with van der Waals surface area (Å²) in [6.45, 7) is 6.42. The quantitative estimate of drug-likeness (QED) is 0.867. The third-order valence-electron chi connectivity index (χ3n) is 3.31. The Kier molecular flexibility index (Phi) is 4.58. The molecule has 0 aliphatic carbocycles. The third-order valence-corrected chi connectivity index (χ3v) is 3.31. The van der Waals surface area contributed by atoms with Crippen molar-refractivity contribution in [1.29, 1.82) is 0 Å². The van der Waals surface area contributed by atoms with E-state index in [1.165, 1.54) is 19.3 Å². The van der Waals surface area contributed by atoms with Crippen LogP contribution in [0.5, 0.6) is 0 Å². The molecule has 102 valence electrons. The molecule has 1 unspecified atom stereocenters. The van der Waals surface area contributed by atoms with E-state index in [1.807, 2.05) is 0 Å². The van der Waals surface area contributed by atoms with E-state index in [-0.39, 0.29) is 6.04 Å². The molecule has 1 aliphatic heterocycles. The Morgan fingerprint density at radius 1 is 1.28 bits per heavy atom. The van der Waals surface area contributed by atoms with Gasteiger partial charge in [0.25, 0.3) is 5.95 Å². The minimum Gasteiger partial charge on any atom is -0.338 e. The molecule has 0 saturated carbocycles. The lowest BCUT2D eigenvalue weighted by Gasteiger charge is -2.24. The average Bonchev–Trinajstić information content (AvgIpc) is 2.77. The molecule has 2 heterocycles. The summed E-state index contributed by atoms with van der Waals surface area (Å²) >= 11 is 0. The van der Waals surface area contributed by atoms with Crippen molar-refractivity contribution in [2.75, 3.05) is 18.0 Å². The lowest BCUT2D eigenvalue weighted by Crippen LogP contribution is -2.30. The number of nitrogens with two attached hydrogens (primary N) is 1. The van der Waals surface area contributed by atoms with Crippen LogP contribution in [0.3, 0.4) is 0 Å². The first-order chi connectivity index (χ1) is 8.65. The van der Waals surface area contributed by atoms with Gasteiger partial charge in [0.2, 0.25) is 5.89 Å². The number of hydrogen-bond donors (Lipinski definition) is 1. The molecule has 1 fully saturated rings. The van der Waals surface area contributed by atoms with Crippen LogP contribution in [0.2, 0.25) is 0 Å². The van der Waals surface area contributed by atoms with Crippen LogP contribution in [0.15, 0.2) is 4.52 Å². The van der Waals surface area contributed by atoms with Gasteiger partial charge in [-0.05, 0) is 36.8 Å². The van der Waals surface area contributed by atoms with Crippen molar-refractivity contribution in [1.82, 2.24) is 10.1 Å². The fourth-order valence-corrected chi connectivity index (χ4v) is 2.46. The minimum atomic E-state index is 0.111. The largest absolute Gasteiger partial charge is 0.338 e. The topological polar surface area (TPSA) is 68.2 Å². The Balaban J connectivity index is 1.89. The second-order valence-corrected chi connectivity index (χ2v) is 5.63. The molecule has 5 heteroatoms. The molecule has 1 aliphatic rings. The van der Waals surface area contributed by atoms with Crippen LogP contribution >= 0.6 is 0 Å². The van der Waals surface area contributed by atoms with E-state index < -0.39 is 0 Å². The van der Waals surface area contributed by atoms with Crippen molar-refractivity contribution in [3.63, 3.8) is 0 Å². The molecule has 18 heavy (non-hydrogen) atoms. The Morgan fingerprint density at radius 2 is 2.00 bits per heavy atom. The predicted molar refractivity (Wildman–Crippen MR) is 71.5 cm³/mol. The first-order valence-corrected chi connectivity index (χ1v) is 6.98. The van der Waals surface area contributed by atoms with Gasteiger partial charge < -0.3 is 15.2 Å². The van der Waals surface area contributed by atoms with E-state index in [1.54, 1.807) is 0 Å². The monoisotopic (exact) mass is 252 g/mol. The van der Waals surface area contributed by atoms with Crippen LogP contribution in [0.25, 0.3) is 0 Å². The number of hydrogen-bond acceptors (Lipinski definition) is 5. The van der Waals surface area contributed by atoms with Gasteiger partial charge in [0.15, 0.2) is 0 Å². The molecule has 1 saturated heterocycles. The number of aromatic nitrogens is 2. The standard InChI is InChI=1S/C13H24N4O/c1-10(2)8-11(14)9-12-15-13(16-18-12)17-6-4-3-5-7-17/h10-11H,3-9,14H2,1-2H3. The summed E-state index contributed by atoms with van der Waals surface area (Å²) in [6, 6.07) is 0.111. The van der Waals surface area contributed by atoms with Gasteiger partial charge in [-0.2, -0.15) is 4.98 Å². The van der Waals surface area contributed by atoms with Crippen molar-refractivity contribution in [3.05, 3.63) is 5.89 Å². The van der Waals surface area contributed by atoms with Gasteiger partial charge in [-0.1, -0.05) is 13.8 Å². The van der Waals surface area contributed by atoms with E-state index >= 15 is 0 Å². The highest BCUT2D eigenvalue weighted by molar-refractivity contribution is 5.28. The predicted octanol–water partition coefficient (Wildman–Crippen LogP) is 1.98.